The van der Waals surface area contributed by atoms with E-state index in [9.17, 15) is 4.79 Å². The number of nitrogens with one attached hydrogen (secondary N) is 1. The van der Waals surface area contributed by atoms with Crippen LogP contribution in [0.2, 0.25) is 0 Å². The van der Waals surface area contributed by atoms with Crippen LogP contribution in [0, 0.1) is 6.92 Å². The van der Waals surface area contributed by atoms with Crippen molar-refractivity contribution >= 4 is 17.4 Å². The maximum atomic E-state index is 12.7. The van der Waals surface area contributed by atoms with E-state index in [4.69, 9.17) is 4.74 Å². The number of hydrogen-bond donors (Lipinski definition) is 1. The quantitative estimate of drug-likeness (QED) is 0.827. The van der Waals surface area contributed by atoms with Crippen LogP contribution in [0.4, 0.5) is 11.5 Å². The van der Waals surface area contributed by atoms with Crippen LogP contribution in [0.25, 0.3) is 0 Å². The maximum Gasteiger partial charge on any atom is 0.274 e. The molecule has 0 bridgehead atoms. The van der Waals surface area contributed by atoms with Gasteiger partial charge in [0.1, 0.15) is 23.1 Å². The van der Waals surface area contributed by atoms with Gasteiger partial charge < -0.3 is 19.9 Å². The third-order valence-corrected chi connectivity index (χ3v) is 4.68. The molecule has 0 radical (unpaired) electrons. The van der Waals surface area contributed by atoms with Crippen molar-refractivity contribution in [3.8, 4) is 5.75 Å². The molecule has 7 heteroatoms. The first-order valence-corrected chi connectivity index (χ1v) is 9.85. The zero-order valence-electron chi connectivity index (χ0n) is 17.1. The van der Waals surface area contributed by atoms with Gasteiger partial charge in [0.2, 0.25) is 0 Å². The third-order valence-electron chi connectivity index (χ3n) is 4.68. The SMILES string of the molecule is CCN1CCN(c2cc(C(=O)Nc3ccc(OC(C)C)cc3)nc(C)n2)CC1. The van der Waals surface area contributed by atoms with Gasteiger partial charge in [-0.25, -0.2) is 9.97 Å². The summed E-state index contributed by atoms with van der Waals surface area (Å²) in [6.45, 7) is 12.8. The summed E-state index contributed by atoms with van der Waals surface area (Å²) in [5.74, 6) is 1.95. The molecule has 2 heterocycles. The van der Waals surface area contributed by atoms with Crippen LogP contribution in [-0.4, -0.2) is 59.6 Å². The van der Waals surface area contributed by atoms with Crippen LogP contribution < -0.4 is 15.0 Å². The van der Waals surface area contributed by atoms with E-state index in [1.54, 1.807) is 6.07 Å². The van der Waals surface area contributed by atoms with Gasteiger partial charge in [-0.1, -0.05) is 6.92 Å². The lowest BCUT2D eigenvalue weighted by atomic mass is 10.2. The minimum atomic E-state index is -0.239. The molecular formula is C21H29N5O2. The van der Waals surface area contributed by atoms with Crippen molar-refractivity contribution in [3.05, 3.63) is 41.9 Å². The van der Waals surface area contributed by atoms with Crippen molar-refractivity contribution in [2.45, 2.75) is 33.8 Å². The standard InChI is InChI=1S/C21H29N5O2/c1-5-25-10-12-26(13-11-25)20-14-19(22-16(4)23-20)21(27)24-17-6-8-18(9-7-17)28-15(2)3/h6-9,14-15H,5,10-13H2,1-4H3,(H,24,27). The molecule has 1 aliphatic heterocycles. The monoisotopic (exact) mass is 383 g/mol. The van der Waals surface area contributed by atoms with Crippen LogP contribution in [0.3, 0.4) is 0 Å². The number of ether oxygens (including phenoxy) is 1. The average molecular weight is 383 g/mol. The third kappa shape index (κ3) is 5.19. The van der Waals surface area contributed by atoms with Crippen molar-refractivity contribution < 1.29 is 9.53 Å². The van der Waals surface area contributed by atoms with Gasteiger partial charge in [0.25, 0.3) is 5.91 Å². The number of hydrogen-bond acceptors (Lipinski definition) is 6. The summed E-state index contributed by atoms with van der Waals surface area (Å²) in [7, 11) is 0. The summed E-state index contributed by atoms with van der Waals surface area (Å²) in [5, 5.41) is 2.90. The first-order valence-electron chi connectivity index (χ1n) is 9.85. The Balaban J connectivity index is 1.69. The summed E-state index contributed by atoms with van der Waals surface area (Å²) in [5.41, 5.74) is 1.08. The molecular weight excluding hydrogens is 354 g/mol. The number of rotatable bonds is 6. The summed E-state index contributed by atoms with van der Waals surface area (Å²) in [6, 6.07) is 9.13. The topological polar surface area (TPSA) is 70.6 Å². The van der Waals surface area contributed by atoms with E-state index in [0.717, 1.165) is 44.3 Å². The van der Waals surface area contributed by atoms with Crippen molar-refractivity contribution in [1.82, 2.24) is 14.9 Å². The number of carbonyl (C=O) groups excluding carboxylic acids is 1. The number of benzene rings is 1. The Bertz CT molecular complexity index is 799. The fraction of sp³-hybridized carbons (Fsp3) is 0.476. The Kier molecular flexibility index (Phi) is 6.46. The van der Waals surface area contributed by atoms with Crippen molar-refractivity contribution in [3.63, 3.8) is 0 Å². The summed E-state index contributed by atoms with van der Waals surface area (Å²) >= 11 is 0. The number of amides is 1. The molecule has 0 saturated carbocycles. The lowest BCUT2D eigenvalue weighted by Gasteiger charge is -2.34. The molecule has 2 aromatic rings. The molecule has 0 spiro atoms. The number of anilines is 2. The second kappa shape index (κ2) is 9.01. The van der Waals surface area contributed by atoms with E-state index in [1.807, 2.05) is 45.0 Å². The number of nitrogens with zero attached hydrogens (tertiary/aromatic N) is 4. The number of carbonyl (C=O) groups is 1. The minimum Gasteiger partial charge on any atom is -0.491 e. The van der Waals surface area contributed by atoms with Crippen LogP contribution in [0.15, 0.2) is 30.3 Å². The Morgan fingerprint density at radius 2 is 1.82 bits per heavy atom. The Labute approximate surface area is 166 Å². The smallest absolute Gasteiger partial charge is 0.274 e. The van der Waals surface area contributed by atoms with Gasteiger partial charge in [0.05, 0.1) is 6.10 Å². The van der Waals surface area contributed by atoms with Crippen molar-refractivity contribution in [2.75, 3.05) is 42.9 Å². The van der Waals surface area contributed by atoms with Gasteiger partial charge in [0, 0.05) is 37.9 Å². The number of aromatic nitrogens is 2. The molecule has 0 unspecified atom stereocenters. The lowest BCUT2D eigenvalue weighted by Crippen LogP contribution is -2.46. The molecule has 3 rings (SSSR count). The van der Waals surface area contributed by atoms with Gasteiger partial charge in [0.15, 0.2) is 0 Å². The molecule has 150 valence electrons. The summed E-state index contributed by atoms with van der Waals surface area (Å²) in [4.78, 5) is 26.2. The van der Waals surface area contributed by atoms with Gasteiger partial charge >= 0.3 is 0 Å². The molecule has 1 amide bonds. The van der Waals surface area contributed by atoms with E-state index in [2.05, 4.69) is 32.0 Å². The molecule has 1 aromatic carbocycles. The van der Waals surface area contributed by atoms with E-state index >= 15 is 0 Å². The van der Waals surface area contributed by atoms with Gasteiger partial charge in [-0.05, 0) is 51.6 Å². The van der Waals surface area contributed by atoms with Crippen LogP contribution in [-0.2, 0) is 0 Å². The van der Waals surface area contributed by atoms with E-state index in [1.165, 1.54) is 0 Å². The number of piperazine rings is 1. The average Bonchev–Trinajstić information content (AvgIpc) is 2.68. The fourth-order valence-corrected chi connectivity index (χ4v) is 3.21. The van der Waals surface area contributed by atoms with Crippen molar-refractivity contribution in [1.29, 1.82) is 0 Å². The summed E-state index contributed by atoms with van der Waals surface area (Å²) in [6.07, 6.45) is 0.113. The Morgan fingerprint density at radius 3 is 2.43 bits per heavy atom. The van der Waals surface area contributed by atoms with Gasteiger partial charge in [-0.2, -0.15) is 0 Å². The predicted octanol–water partition coefficient (Wildman–Crippen LogP) is 2.97. The van der Waals surface area contributed by atoms with Crippen LogP contribution >= 0.6 is 0 Å². The van der Waals surface area contributed by atoms with Gasteiger partial charge in [-0.3, -0.25) is 4.79 Å². The molecule has 1 saturated heterocycles. The Morgan fingerprint density at radius 1 is 1.14 bits per heavy atom. The largest absolute Gasteiger partial charge is 0.491 e. The van der Waals surface area contributed by atoms with Crippen LogP contribution in [0.1, 0.15) is 37.1 Å². The molecule has 0 aliphatic carbocycles. The first kappa shape index (κ1) is 20.1. The zero-order chi connectivity index (χ0) is 20.1. The van der Waals surface area contributed by atoms with E-state index < -0.39 is 0 Å². The highest BCUT2D eigenvalue weighted by molar-refractivity contribution is 6.03. The summed E-state index contributed by atoms with van der Waals surface area (Å²) < 4.78 is 5.63. The molecule has 7 nitrogen and oxygen atoms in total. The van der Waals surface area contributed by atoms with Gasteiger partial charge in [-0.15, -0.1) is 0 Å². The maximum absolute atomic E-state index is 12.7. The molecule has 1 fully saturated rings. The van der Waals surface area contributed by atoms with E-state index in [0.29, 0.717) is 17.2 Å². The minimum absolute atomic E-state index is 0.113. The van der Waals surface area contributed by atoms with E-state index in [-0.39, 0.29) is 12.0 Å². The van der Waals surface area contributed by atoms with Crippen LogP contribution in [0.5, 0.6) is 5.75 Å². The number of likely N-dealkylation sites (N-methyl/N-ethyl adjacent to an activating group) is 1. The Hall–Kier alpha value is -2.67. The lowest BCUT2D eigenvalue weighted by molar-refractivity contribution is 0.102. The number of aryl methyl sites for hydroxylation is 1. The second-order valence-electron chi connectivity index (χ2n) is 7.23. The predicted molar refractivity (Wildman–Crippen MR) is 111 cm³/mol. The first-order chi connectivity index (χ1) is 13.4. The van der Waals surface area contributed by atoms with Crippen molar-refractivity contribution in [2.24, 2.45) is 0 Å². The molecule has 28 heavy (non-hydrogen) atoms. The highest BCUT2D eigenvalue weighted by Crippen LogP contribution is 2.19. The highest BCUT2D eigenvalue weighted by Gasteiger charge is 2.19. The molecule has 0 atom stereocenters. The molecule has 1 N–H and O–H groups in total. The molecule has 1 aromatic heterocycles. The second-order valence-corrected chi connectivity index (χ2v) is 7.23. The normalized spacial score (nSPS) is 15.0. The zero-order valence-corrected chi connectivity index (χ0v) is 17.1. The fourth-order valence-electron chi connectivity index (χ4n) is 3.21. The molecule has 1 aliphatic rings. The highest BCUT2D eigenvalue weighted by atomic mass is 16.5.